The predicted molar refractivity (Wildman–Crippen MR) is 64.6 cm³/mol. The number of nitrogens with two attached hydrogens (primary N) is 1. The lowest BCUT2D eigenvalue weighted by molar-refractivity contribution is 0.436. The molecule has 15 heavy (non-hydrogen) atoms. The van der Waals surface area contributed by atoms with Crippen molar-refractivity contribution in [2.24, 2.45) is 7.05 Å². The van der Waals surface area contributed by atoms with Crippen LogP contribution < -0.4 is 10.5 Å². The van der Waals surface area contributed by atoms with E-state index in [2.05, 4.69) is 32.7 Å². The molecule has 0 spiro atoms. The molecule has 0 radical (unpaired) electrons. The van der Waals surface area contributed by atoms with Gasteiger partial charge >= 0.3 is 6.01 Å². The maximum Gasteiger partial charge on any atom is 0.341 e. The van der Waals surface area contributed by atoms with Crippen LogP contribution in [0.3, 0.4) is 0 Å². The maximum atomic E-state index is 5.63. The third-order valence-corrected chi connectivity index (χ3v) is 2.58. The molecule has 0 aliphatic rings. The number of nitrogens with zero attached hydrogens (tertiary/aromatic N) is 3. The van der Waals surface area contributed by atoms with Crippen molar-refractivity contribution in [3.8, 4) is 11.8 Å². The van der Waals surface area contributed by atoms with Crippen LogP contribution in [0.4, 0.5) is 5.69 Å². The summed E-state index contributed by atoms with van der Waals surface area (Å²) in [5.41, 5.74) is 6.34. The third-order valence-electron chi connectivity index (χ3n) is 1.74. The van der Waals surface area contributed by atoms with Gasteiger partial charge in [-0.15, -0.1) is 5.10 Å². The third kappa shape index (κ3) is 2.38. The van der Waals surface area contributed by atoms with Gasteiger partial charge in [-0.25, -0.2) is 0 Å². The first-order valence-corrected chi connectivity index (χ1v) is 5.31. The van der Waals surface area contributed by atoms with Crippen molar-refractivity contribution in [2.45, 2.75) is 0 Å². The van der Waals surface area contributed by atoms with E-state index in [0.29, 0.717) is 17.4 Å². The molecular weight excluding hydrogens is 307 g/mol. The van der Waals surface area contributed by atoms with E-state index >= 15 is 0 Å². The second kappa shape index (κ2) is 4.05. The molecule has 0 saturated carbocycles. The SMILES string of the molecule is Cn1cnc(Oc2ccc(N)cc2I)n1. The second-order valence-electron chi connectivity index (χ2n) is 2.99. The summed E-state index contributed by atoms with van der Waals surface area (Å²) >= 11 is 2.15. The Kier molecular flexibility index (Phi) is 2.76. The van der Waals surface area contributed by atoms with Gasteiger partial charge in [0.25, 0.3) is 0 Å². The maximum absolute atomic E-state index is 5.63. The number of anilines is 1. The largest absolute Gasteiger partial charge is 0.422 e. The Morgan fingerprint density at radius 3 is 2.87 bits per heavy atom. The van der Waals surface area contributed by atoms with Gasteiger partial charge in [0.15, 0.2) is 0 Å². The molecule has 0 saturated heterocycles. The zero-order valence-corrected chi connectivity index (χ0v) is 10.2. The lowest BCUT2D eigenvalue weighted by Crippen LogP contribution is -1.93. The van der Waals surface area contributed by atoms with E-state index < -0.39 is 0 Å². The van der Waals surface area contributed by atoms with Gasteiger partial charge in [0, 0.05) is 12.7 Å². The van der Waals surface area contributed by atoms with Gasteiger partial charge in [-0.05, 0) is 40.8 Å². The standard InChI is InChI=1S/C9H9IN4O/c1-14-5-12-9(13-14)15-8-3-2-6(11)4-7(8)10/h2-5H,11H2,1H3. The van der Waals surface area contributed by atoms with Crippen molar-refractivity contribution in [2.75, 3.05) is 5.73 Å². The Hall–Kier alpha value is -1.31. The molecule has 78 valence electrons. The Balaban J connectivity index is 2.24. The van der Waals surface area contributed by atoms with Gasteiger partial charge in [0.05, 0.1) is 3.57 Å². The summed E-state index contributed by atoms with van der Waals surface area (Å²) in [6.07, 6.45) is 1.58. The summed E-state index contributed by atoms with van der Waals surface area (Å²) in [6.45, 7) is 0. The fourth-order valence-electron chi connectivity index (χ4n) is 1.06. The average molecular weight is 316 g/mol. The van der Waals surface area contributed by atoms with E-state index in [9.17, 15) is 0 Å². The topological polar surface area (TPSA) is 66.0 Å². The molecule has 2 N–H and O–H groups in total. The Morgan fingerprint density at radius 1 is 1.47 bits per heavy atom. The lowest BCUT2D eigenvalue weighted by Gasteiger charge is -2.03. The normalized spacial score (nSPS) is 10.3. The van der Waals surface area contributed by atoms with Gasteiger partial charge in [-0.1, -0.05) is 0 Å². The highest BCUT2D eigenvalue weighted by Crippen LogP contribution is 2.26. The van der Waals surface area contributed by atoms with Crippen molar-refractivity contribution in [1.29, 1.82) is 0 Å². The first-order chi connectivity index (χ1) is 7.15. The predicted octanol–water partition coefficient (Wildman–Crippen LogP) is 1.79. The summed E-state index contributed by atoms with van der Waals surface area (Å²) in [7, 11) is 1.79. The van der Waals surface area contributed by atoms with Gasteiger partial charge in [-0.2, -0.15) is 4.98 Å². The number of rotatable bonds is 2. The van der Waals surface area contributed by atoms with Gasteiger partial charge in [-0.3, -0.25) is 4.68 Å². The van der Waals surface area contributed by atoms with Crippen LogP contribution in [-0.2, 0) is 7.05 Å². The average Bonchev–Trinajstić information content (AvgIpc) is 2.56. The summed E-state index contributed by atoms with van der Waals surface area (Å²) in [6, 6.07) is 5.74. The fourth-order valence-corrected chi connectivity index (χ4v) is 1.71. The van der Waals surface area contributed by atoms with Crippen LogP contribution in [0.1, 0.15) is 0 Å². The van der Waals surface area contributed by atoms with Crippen molar-refractivity contribution >= 4 is 28.3 Å². The van der Waals surface area contributed by atoms with Crippen molar-refractivity contribution in [1.82, 2.24) is 14.8 Å². The van der Waals surface area contributed by atoms with Gasteiger partial charge in [0.2, 0.25) is 0 Å². The first-order valence-electron chi connectivity index (χ1n) is 4.23. The number of nitrogen functional groups attached to an aromatic ring is 1. The number of halogens is 1. The van der Waals surface area contributed by atoms with E-state index in [-0.39, 0.29) is 0 Å². The second-order valence-corrected chi connectivity index (χ2v) is 4.15. The highest BCUT2D eigenvalue weighted by molar-refractivity contribution is 14.1. The molecule has 0 aliphatic heterocycles. The van der Waals surface area contributed by atoms with E-state index in [0.717, 1.165) is 3.57 Å². The van der Waals surface area contributed by atoms with Crippen molar-refractivity contribution in [3.05, 3.63) is 28.1 Å². The molecular formula is C9H9IN4O. The molecule has 5 nitrogen and oxygen atoms in total. The van der Waals surface area contributed by atoms with Crippen LogP contribution in [0.15, 0.2) is 24.5 Å². The monoisotopic (exact) mass is 316 g/mol. The molecule has 1 heterocycles. The van der Waals surface area contributed by atoms with Gasteiger partial charge < -0.3 is 10.5 Å². The van der Waals surface area contributed by atoms with Crippen LogP contribution in [0.2, 0.25) is 0 Å². The molecule has 0 aliphatic carbocycles. The Morgan fingerprint density at radius 2 is 2.27 bits per heavy atom. The van der Waals surface area contributed by atoms with Gasteiger partial charge in [0.1, 0.15) is 12.1 Å². The summed E-state index contributed by atoms with van der Waals surface area (Å²) in [5, 5.41) is 4.02. The molecule has 6 heteroatoms. The number of aryl methyl sites for hydroxylation is 1. The van der Waals surface area contributed by atoms with Crippen LogP contribution in [0.5, 0.6) is 11.8 Å². The molecule has 0 fully saturated rings. The number of hydrogen-bond donors (Lipinski definition) is 1. The quantitative estimate of drug-likeness (QED) is 0.678. The zero-order chi connectivity index (χ0) is 10.8. The highest BCUT2D eigenvalue weighted by Gasteiger charge is 2.05. The highest BCUT2D eigenvalue weighted by atomic mass is 127. The fraction of sp³-hybridized carbons (Fsp3) is 0.111. The van der Waals surface area contributed by atoms with Crippen LogP contribution in [-0.4, -0.2) is 14.8 Å². The minimum absolute atomic E-state index is 0.334. The van der Waals surface area contributed by atoms with Crippen molar-refractivity contribution < 1.29 is 4.74 Å². The number of aromatic nitrogens is 3. The van der Waals surface area contributed by atoms with Crippen molar-refractivity contribution in [3.63, 3.8) is 0 Å². The lowest BCUT2D eigenvalue weighted by atomic mass is 10.3. The first kappa shape index (κ1) is 10.2. The minimum Gasteiger partial charge on any atom is -0.422 e. The van der Waals surface area contributed by atoms with E-state index in [4.69, 9.17) is 10.5 Å². The molecule has 0 amide bonds. The summed E-state index contributed by atoms with van der Waals surface area (Å²) in [5.74, 6) is 0.705. The van der Waals surface area contributed by atoms with Crippen LogP contribution >= 0.6 is 22.6 Å². The van der Waals surface area contributed by atoms with Crippen LogP contribution in [0.25, 0.3) is 0 Å². The molecule has 1 aromatic heterocycles. The molecule has 2 aromatic rings. The Labute approximate surface area is 100 Å². The number of hydrogen-bond acceptors (Lipinski definition) is 4. The molecule has 0 bridgehead atoms. The number of ether oxygens (including phenoxy) is 1. The van der Waals surface area contributed by atoms with Crippen LogP contribution in [0, 0.1) is 3.57 Å². The van der Waals surface area contributed by atoms with E-state index in [1.54, 1.807) is 30.2 Å². The molecule has 0 atom stereocenters. The molecule has 2 rings (SSSR count). The Bertz CT molecular complexity index is 483. The molecule has 1 aromatic carbocycles. The molecule has 0 unspecified atom stereocenters. The summed E-state index contributed by atoms with van der Waals surface area (Å²) < 4.78 is 7.99. The number of benzene rings is 1. The summed E-state index contributed by atoms with van der Waals surface area (Å²) in [4.78, 5) is 3.97. The minimum atomic E-state index is 0.334. The zero-order valence-electron chi connectivity index (χ0n) is 8.01. The smallest absolute Gasteiger partial charge is 0.341 e. The van der Waals surface area contributed by atoms with E-state index in [1.165, 1.54) is 0 Å². The van der Waals surface area contributed by atoms with E-state index in [1.807, 2.05) is 6.07 Å².